The van der Waals surface area contributed by atoms with Crippen LogP contribution in [0, 0.1) is 0 Å². The quantitative estimate of drug-likeness (QED) is 0.746. The smallest absolute Gasteiger partial charge is 0.253 e. The first-order chi connectivity index (χ1) is 12.6. The molecule has 1 aromatic carbocycles. The molecule has 0 spiro atoms. The highest BCUT2D eigenvalue weighted by atomic mass is 35.5. The van der Waals surface area contributed by atoms with Gasteiger partial charge in [-0.1, -0.05) is 19.9 Å². The molecule has 2 atom stereocenters. The zero-order valence-electron chi connectivity index (χ0n) is 16.4. The molecular weight excluding hydrogens is 362 g/mol. The number of carbonyl (C=O) groups excluding carboxylic acids is 2. The van der Waals surface area contributed by atoms with Gasteiger partial charge in [0.1, 0.15) is 0 Å². The fraction of sp³-hybridized carbons (Fsp3) is 0.619. The summed E-state index contributed by atoms with van der Waals surface area (Å²) in [5, 5.41) is 6.77. The Labute approximate surface area is 168 Å². The summed E-state index contributed by atoms with van der Waals surface area (Å²) in [6.45, 7) is 5.65. The van der Waals surface area contributed by atoms with Crippen LogP contribution in [0.15, 0.2) is 24.3 Å². The first-order valence-corrected chi connectivity index (χ1v) is 10.1. The van der Waals surface area contributed by atoms with Gasteiger partial charge in [-0.2, -0.15) is 0 Å². The number of hydrogen-bond acceptors (Lipinski definition) is 3. The summed E-state index contributed by atoms with van der Waals surface area (Å²) in [7, 11) is 0. The summed E-state index contributed by atoms with van der Waals surface area (Å²) in [4.78, 5) is 27.3. The maximum atomic E-state index is 12.8. The van der Waals surface area contributed by atoms with Crippen molar-refractivity contribution in [3.05, 3.63) is 35.4 Å². The van der Waals surface area contributed by atoms with Crippen molar-refractivity contribution in [1.82, 2.24) is 15.5 Å². The molecule has 3 rings (SSSR count). The highest BCUT2D eigenvalue weighted by Gasteiger charge is 2.34. The van der Waals surface area contributed by atoms with Gasteiger partial charge in [-0.25, -0.2) is 0 Å². The largest absolute Gasteiger partial charge is 0.349 e. The molecule has 0 saturated carbocycles. The summed E-state index contributed by atoms with van der Waals surface area (Å²) in [6.07, 6.45) is 6.30. The molecule has 0 radical (unpaired) electrons. The van der Waals surface area contributed by atoms with E-state index in [0.717, 1.165) is 38.8 Å². The number of carbonyl (C=O) groups is 2. The van der Waals surface area contributed by atoms with Crippen molar-refractivity contribution in [1.29, 1.82) is 0 Å². The molecular formula is C21H32ClN3O2. The van der Waals surface area contributed by atoms with E-state index in [-0.39, 0.29) is 30.3 Å². The third-order valence-corrected chi connectivity index (χ3v) is 5.45. The van der Waals surface area contributed by atoms with Crippen LogP contribution in [-0.4, -0.2) is 47.9 Å². The Morgan fingerprint density at radius 3 is 2.26 bits per heavy atom. The van der Waals surface area contributed by atoms with E-state index in [1.807, 2.05) is 17.0 Å². The van der Waals surface area contributed by atoms with Crippen LogP contribution >= 0.6 is 12.4 Å². The van der Waals surface area contributed by atoms with Crippen LogP contribution in [0.25, 0.3) is 0 Å². The number of nitrogens with one attached hydrogen (secondary N) is 2. The topological polar surface area (TPSA) is 61.4 Å². The summed E-state index contributed by atoms with van der Waals surface area (Å²) in [6, 6.07) is 8.48. The monoisotopic (exact) mass is 393 g/mol. The van der Waals surface area contributed by atoms with E-state index < -0.39 is 0 Å². The molecule has 2 N–H and O–H groups in total. The molecule has 2 aliphatic heterocycles. The van der Waals surface area contributed by atoms with Gasteiger partial charge in [0.05, 0.1) is 0 Å². The SMILES string of the molecule is CCCN(CCC)C(=O)c1cccc(C(=O)NC2CC3CCC(C2)N3)c1.Cl. The standard InChI is InChI=1S/C21H31N3O2.ClH/c1-3-10-24(11-4-2)21(26)16-7-5-6-15(12-16)20(25)23-19-13-17-8-9-18(14-19)22-17;/h5-7,12,17-19,22H,3-4,8-11,13-14H2,1-2H3,(H,23,25);1H. The van der Waals surface area contributed by atoms with E-state index in [1.54, 1.807) is 12.1 Å². The van der Waals surface area contributed by atoms with E-state index in [1.165, 1.54) is 12.8 Å². The van der Waals surface area contributed by atoms with E-state index in [4.69, 9.17) is 0 Å². The second kappa shape index (κ2) is 10.1. The molecule has 2 amide bonds. The Bertz CT molecular complexity index is 634. The van der Waals surface area contributed by atoms with Crippen molar-refractivity contribution in [3.63, 3.8) is 0 Å². The molecule has 0 aliphatic carbocycles. The van der Waals surface area contributed by atoms with Crippen LogP contribution < -0.4 is 10.6 Å². The second-order valence-corrected chi connectivity index (χ2v) is 7.65. The number of benzene rings is 1. The fourth-order valence-electron chi connectivity index (χ4n) is 4.27. The van der Waals surface area contributed by atoms with Gasteiger partial charge in [-0.05, 0) is 56.7 Å². The Balaban J connectivity index is 0.00000261. The lowest BCUT2D eigenvalue weighted by molar-refractivity contribution is 0.0755. The molecule has 2 saturated heterocycles. The van der Waals surface area contributed by atoms with Gasteiger partial charge in [-0.15, -0.1) is 12.4 Å². The number of amides is 2. The number of fused-ring (bicyclic) bond motifs is 2. The minimum atomic E-state index is -0.0662. The molecule has 2 unspecified atom stereocenters. The van der Waals surface area contributed by atoms with Crippen molar-refractivity contribution in [2.45, 2.75) is 70.5 Å². The first kappa shape index (κ1) is 21.7. The minimum Gasteiger partial charge on any atom is -0.349 e. The molecule has 2 heterocycles. The van der Waals surface area contributed by atoms with Crippen molar-refractivity contribution in [3.8, 4) is 0 Å². The molecule has 5 nitrogen and oxygen atoms in total. The Morgan fingerprint density at radius 2 is 1.67 bits per heavy atom. The van der Waals surface area contributed by atoms with Gasteiger partial charge in [0, 0.05) is 42.3 Å². The zero-order chi connectivity index (χ0) is 18.5. The number of hydrogen-bond donors (Lipinski definition) is 2. The Kier molecular flexibility index (Phi) is 8.11. The third kappa shape index (κ3) is 5.45. The maximum absolute atomic E-state index is 12.8. The molecule has 150 valence electrons. The average Bonchev–Trinajstić information content (AvgIpc) is 2.99. The van der Waals surface area contributed by atoms with Crippen molar-refractivity contribution >= 4 is 24.2 Å². The summed E-state index contributed by atoms with van der Waals surface area (Å²) in [5.74, 6) is -0.0493. The molecule has 2 fully saturated rings. The van der Waals surface area contributed by atoms with E-state index in [0.29, 0.717) is 23.2 Å². The van der Waals surface area contributed by atoms with Crippen molar-refractivity contribution in [2.24, 2.45) is 0 Å². The highest BCUT2D eigenvalue weighted by Crippen LogP contribution is 2.27. The van der Waals surface area contributed by atoms with Gasteiger partial charge in [0.25, 0.3) is 11.8 Å². The lowest BCUT2D eigenvalue weighted by Crippen LogP contribution is -2.48. The van der Waals surface area contributed by atoms with Gasteiger partial charge in [-0.3, -0.25) is 9.59 Å². The predicted octanol–water partition coefficient (Wildman–Crippen LogP) is 3.38. The van der Waals surface area contributed by atoms with Crippen LogP contribution in [0.2, 0.25) is 0 Å². The first-order valence-electron chi connectivity index (χ1n) is 10.1. The average molecular weight is 394 g/mol. The molecule has 27 heavy (non-hydrogen) atoms. The fourth-order valence-corrected chi connectivity index (χ4v) is 4.27. The van der Waals surface area contributed by atoms with Gasteiger partial charge >= 0.3 is 0 Å². The lowest BCUT2D eigenvalue weighted by atomic mass is 9.99. The van der Waals surface area contributed by atoms with E-state index in [9.17, 15) is 9.59 Å². The van der Waals surface area contributed by atoms with Gasteiger partial charge in [0.15, 0.2) is 0 Å². The van der Waals surface area contributed by atoms with Gasteiger partial charge in [0.2, 0.25) is 0 Å². The Morgan fingerprint density at radius 1 is 1.07 bits per heavy atom. The van der Waals surface area contributed by atoms with Crippen LogP contribution in [0.1, 0.15) is 73.1 Å². The maximum Gasteiger partial charge on any atom is 0.253 e. The van der Waals surface area contributed by atoms with E-state index in [2.05, 4.69) is 24.5 Å². The molecule has 6 heteroatoms. The molecule has 2 aliphatic rings. The van der Waals surface area contributed by atoms with Gasteiger partial charge < -0.3 is 15.5 Å². The highest BCUT2D eigenvalue weighted by molar-refractivity contribution is 5.99. The summed E-state index contributed by atoms with van der Waals surface area (Å²) in [5.41, 5.74) is 1.18. The third-order valence-electron chi connectivity index (χ3n) is 5.45. The number of halogens is 1. The zero-order valence-corrected chi connectivity index (χ0v) is 17.2. The van der Waals surface area contributed by atoms with Crippen LogP contribution in [0.4, 0.5) is 0 Å². The number of piperidine rings is 1. The Hall–Kier alpha value is -1.59. The normalized spacial score (nSPS) is 23.4. The number of nitrogens with zero attached hydrogens (tertiary/aromatic N) is 1. The van der Waals surface area contributed by atoms with E-state index >= 15 is 0 Å². The summed E-state index contributed by atoms with van der Waals surface area (Å²) < 4.78 is 0. The lowest BCUT2D eigenvalue weighted by Gasteiger charge is -2.29. The molecule has 0 aromatic heterocycles. The van der Waals surface area contributed by atoms with Crippen LogP contribution in [0.5, 0.6) is 0 Å². The summed E-state index contributed by atoms with van der Waals surface area (Å²) >= 11 is 0. The van der Waals surface area contributed by atoms with Crippen molar-refractivity contribution < 1.29 is 9.59 Å². The van der Waals surface area contributed by atoms with Crippen LogP contribution in [0.3, 0.4) is 0 Å². The van der Waals surface area contributed by atoms with Crippen molar-refractivity contribution in [2.75, 3.05) is 13.1 Å². The predicted molar refractivity (Wildman–Crippen MR) is 111 cm³/mol. The second-order valence-electron chi connectivity index (χ2n) is 7.65. The molecule has 2 bridgehead atoms. The number of rotatable bonds is 7. The molecule has 1 aromatic rings. The minimum absolute atomic E-state index is 0. The van der Waals surface area contributed by atoms with Crippen LogP contribution in [-0.2, 0) is 0 Å².